The van der Waals surface area contributed by atoms with Gasteiger partial charge in [0.05, 0.1) is 42.0 Å². The number of carbonyl (C=O) groups excluding carboxylic acids is 4. The minimum atomic E-state index is -0.714. The van der Waals surface area contributed by atoms with Gasteiger partial charge in [0.1, 0.15) is 29.2 Å². The molecule has 6 heterocycles. The summed E-state index contributed by atoms with van der Waals surface area (Å²) < 4.78 is 10.6. The molecule has 4 amide bonds. The van der Waals surface area contributed by atoms with Crippen LogP contribution in [0.2, 0.25) is 0 Å². The van der Waals surface area contributed by atoms with E-state index in [1.807, 2.05) is 44.9 Å². The van der Waals surface area contributed by atoms with Gasteiger partial charge in [0.2, 0.25) is 11.8 Å². The topological polar surface area (TPSA) is 188 Å². The van der Waals surface area contributed by atoms with Crippen LogP contribution in [0.3, 0.4) is 0 Å². The Morgan fingerprint density at radius 1 is 0.789 bits per heavy atom. The third-order valence-corrected chi connectivity index (χ3v) is 12.5. The lowest BCUT2D eigenvalue weighted by Gasteiger charge is -2.29. The first-order valence-corrected chi connectivity index (χ1v) is 20.3. The van der Waals surface area contributed by atoms with Gasteiger partial charge in [0.25, 0.3) is 0 Å². The van der Waals surface area contributed by atoms with E-state index in [-0.39, 0.29) is 35.7 Å². The number of thiophene rings is 1. The first-order chi connectivity index (χ1) is 27.4. The molecule has 2 aromatic carbocycles. The van der Waals surface area contributed by atoms with Crippen LogP contribution in [0.4, 0.5) is 9.59 Å². The molecule has 16 heteroatoms. The lowest BCUT2D eigenvalue weighted by molar-refractivity contribution is -0.136. The Morgan fingerprint density at radius 2 is 1.40 bits per heavy atom. The molecular weight excluding hydrogens is 747 g/mol. The molecule has 4 aromatic heterocycles. The van der Waals surface area contributed by atoms with Crippen LogP contribution < -0.4 is 10.6 Å². The lowest BCUT2D eigenvalue weighted by Crippen LogP contribution is -2.51. The maximum Gasteiger partial charge on any atom is 0.407 e. The molecule has 15 nitrogen and oxygen atoms in total. The van der Waals surface area contributed by atoms with E-state index in [0.717, 1.165) is 79.4 Å². The SMILES string of the molecule is COC(=O)N[C@H](C(=O)N1CCC[C@H]1c1nc2c(ccc3cc(-c4ccc5c(cnc6nc([C@@H]7CCCN7C(=O)[C@@H](NC(=O)OC)C(C)C)[nH]c65)c4)sc32)[nH]1)C(C)C. The number of aromatic amines is 2. The molecule has 0 saturated carbocycles. The Hall–Kier alpha value is -5.77. The van der Waals surface area contributed by atoms with Crippen LogP contribution in [0, 0.1) is 11.8 Å². The molecule has 4 atom stereocenters. The van der Waals surface area contributed by atoms with Crippen molar-refractivity contribution in [2.24, 2.45) is 11.8 Å². The Labute approximate surface area is 332 Å². The van der Waals surface area contributed by atoms with E-state index in [0.29, 0.717) is 24.6 Å². The number of likely N-dealkylation sites (tertiary alicyclic amines) is 2. The van der Waals surface area contributed by atoms with E-state index in [1.54, 1.807) is 16.2 Å². The molecule has 0 unspecified atom stereocenters. The van der Waals surface area contributed by atoms with Crippen LogP contribution in [0.5, 0.6) is 0 Å². The number of rotatable bonds is 9. The van der Waals surface area contributed by atoms with E-state index < -0.39 is 24.3 Å². The number of nitrogens with one attached hydrogen (secondary N) is 4. The quantitative estimate of drug-likeness (QED) is 0.120. The lowest BCUT2D eigenvalue weighted by atomic mass is 10.0. The Balaban J connectivity index is 1.06. The highest BCUT2D eigenvalue weighted by atomic mass is 32.1. The third kappa shape index (κ3) is 7.00. The first-order valence-electron chi connectivity index (χ1n) is 19.5. The monoisotopic (exact) mass is 793 g/mol. The van der Waals surface area contributed by atoms with Crippen LogP contribution in [0.25, 0.3) is 53.5 Å². The highest BCUT2D eigenvalue weighted by Crippen LogP contribution is 2.41. The van der Waals surface area contributed by atoms with Crippen molar-refractivity contribution >= 4 is 78.4 Å². The number of ether oxygens (including phenoxy) is 2. The number of H-pyrrole nitrogens is 2. The summed E-state index contributed by atoms with van der Waals surface area (Å²) in [7, 11) is 2.58. The summed E-state index contributed by atoms with van der Waals surface area (Å²) in [4.78, 5) is 77.9. The van der Waals surface area contributed by atoms with E-state index in [4.69, 9.17) is 24.4 Å². The molecule has 8 rings (SSSR count). The van der Waals surface area contributed by atoms with Crippen molar-refractivity contribution < 1.29 is 28.7 Å². The fourth-order valence-corrected chi connectivity index (χ4v) is 9.42. The number of carbonyl (C=O) groups is 4. The van der Waals surface area contributed by atoms with Gasteiger partial charge in [-0.25, -0.2) is 24.5 Å². The number of hydrogen-bond donors (Lipinski definition) is 4. The smallest absolute Gasteiger partial charge is 0.407 e. The van der Waals surface area contributed by atoms with Gasteiger partial charge >= 0.3 is 12.2 Å². The van der Waals surface area contributed by atoms with Crippen LogP contribution in [0.1, 0.15) is 77.1 Å². The summed E-state index contributed by atoms with van der Waals surface area (Å²) in [6, 6.07) is 10.7. The van der Waals surface area contributed by atoms with Crippen LogP contribution >= 0.6 is 11.3 Å². The number of amides is 4. The second-order valence-corrected chi connectivity index (χ2v) is 16.6. The van der Waals surface area contributed by atoms with Crippen molar-refractivity contribution in [3.05, 3.63) is 54.2 Å². The van der Waals surface area contributed by atoms with E-state index in [2.05, 4.69) is 50.9 Å². The summed E-state index contributed by atoms with van der Waals surface area (Å²) in [6.45, 7) is 8.76. The van der Waals surface area contributed by atoms with Gasteiger partial charge in [-0.2, -0.15) is 0 Å². The van der Waals surface area contributed by atoms with Crippen LogP contribution in [-0.2, 0) is 19.1 Å². The van der Waals surface area contributed by atoms with Gasteiger partial charge < -0.3 is 39.9 Å². The molecule has 2 aliphatic rings. The number of imidazole rings is 2. The molecule has 0 aliphatic carbocycles. The average molecular weight is 794 g/mol. The van der Waals surface area contributed by atoms with Gasteiger partial charge in [0, 0.05) is 34.9 Å². The fraction of sp³-hybridized carbons (Fsp3) is 0.439. The van der Waals surface area contributed by atoms with Crippen molar-refractivity contribution in [1.82, 2.24) is 45.4 Å². The molecule has 2 aliphatic heterocycles. The molecule has 0 radical (unpaired) electrons. The number of alkyl carbamates (subject to hydrolysis) is 2. The molecule has 6 aromatic rings. The number of aromatic nitrogens is 5. The molecule has 2 saturated heterocycles. The van der Waals surface area contributed by atoms with E-state index in [9.17, 15) is 19.2 Å². The van der Waals surface area contributed by atoms with Crippen molar-refractivity contribution in [3.8, 4) is 10.4 Å². The van der Waals surface area contributed by atoms with Gasteiger partial charge in [-0.05, 0) is 66.7 Å². The highest BCUT2D eigenvalue weighted by molar-refractivity contribution is 7.23. The zero-order chi connectivity index (χ0) is 40.1. The second kappa shape index (κ2) is 15.3. The molecule has 298 valence electrons. The van der Waals surface area contributed by atoms with E-state index in [1.165, 1.54) is 14.2 Å². The van der Waals surface area contributed by atoms with Crippen molar-refractivity contribution in [3.63, 3.8) is 0 Å². The fourth-order valence-electron chi connectivity index (χ4n) is 8.27. The van der Waals surface area contributed by atoms with Gasteiger partial charge in [-0.1, -0.05) is 45.9 Å². The minimum absolute atomic E-state index is 0.117. The maximum absolute atomic E-state index is 13.7. The minimum Gasteiger partial charge on any atom is -0.453 e. The Morgan fingerprint density at radius 3 is 2.00 bits per heavy atom. The summed E-state index contributed by atoms with van der Waals surface area (Å²) in [6.07, 6.45) is 3.75. The summed E-state index contributed by atoms with van der Waals surface area (Å²) >= 11 is 1.67. The predicted octanol–water partition coefficient (Wildman–Crippen LogP) is 6.96. The number of nitrogens with zero attached hydrogens (tertiary/aromatic N) is 5. The van der Waals surface area contributed by atoms with Crippen LogP contribution in [-0.4, -0.2) is 98.1 Å². The zero-order valence-corrected chi connectivity index (χ0v) is 33.7. The third-order valence-electron chi connectivity index (χ3n) is 11.3. The Kier molecular flexibility index (Phi) is 10.2. The molecule has 0 spiro atoms. The largest absolute Gasteiger partial charge is 0.453 e. The highest BCUT2D eigenvalue weighted by Gasteiger charge is 2.39. The average Bonchev–Trinajstić information content (AvgIpc) is 4.05. The zero-order valence-electron chi connectivity index (χ0n) is 32.8. The second-order valence-electron chi connectivity index (χ2n) is 15.6. The number of benzene rings is 2. The van der Waals surface area contributed by atoms with E-state index >= 15 is 0 Å². The van der Waals surface area contributed by atoms with Crippen molar-refractivity contribution in [2.45, 2.75) is 77.5 Å². The predicted molar refractivity (Wildman–Crippen MR) is 218 cm³/mol. The summed E-state index contributed by atoms with van der Waals surface area (Å²) in [5, 5.41) is 8.43. The molecule has 4 N–H and O–H groups in total. The molecular formula is C41H47N9O6S. The number of methoxy groups -OCH3 is 2. The maximum atomic E-state index is 13.7. The van der Waals surface area contributed by atoms with Crippen LogP contribution in [0.15, 0.2) is 42.6 Å². The number of fused-ring (bicyclic) bond motifs is 6. The standard InChI is InChI=1S/C41H47N9O6S/c1-20(2)30(46-40(53)55-5)38(51)49-15-7-9-27(49)35-43-26-14-12-23-18-29(57-34(23)33(26)45-35)22-11-13-25-24(17-22)19-42-37-32(25)44-36(48-37)28-10-8-16-50(28)39(52)31(21(3)4)47-41(54)56-6/h11-14,17-21,27-28,30-31H,7-10,15-16H2,1-6H3,(H,43,45)(H,46,53)(H,47,54)(H,42,44,48)/t27-,28-,30-,31-/m0/s1. The normalized spacial score (nSPS) is 18.3. The van der Waals surface area contributed by atoms with Crippen molar-refractivity contribution in [1.29, 1.82) is 0 Å². The van der Waals surface area contributed by atoms with Gasteiger partial charge in [-0.15, -0.1) is 11.3 Å². The molecule has 2 fully saturated rings. The summed E-state index contributed by atoms with van der Waals surface area (Å²) in [5.74, 6) is 0.869. The van der Waals surface area contributed by atoms with Gasteiger partial charge in [0.15, 0.2) is 5.65 Å². The van der Waals surface area contributed by atoms with Crippen molar-refractivity contribution in [2.75, 3.05) is 27.3 Å². The first kappa shape index (κ1) is 38.1. The molecule has 0 bridgehead atoms. The van der Waals surface area contributed by atoms with Gasteiger partial charge in [-0.3, -0.25) is 9.59 Å². The molecule has 57 heavy (non-hydrogen) atoms. The number of hydrogen-bond acceptors (Lipinski definition) is 10. The Bertz CT molecular complexity index is 2520. The number of pyridine rings is 1. The summed E-state index contributed by atoms with van der Waals surface area (Å²) in [5.41, 5.74) is 4.20.